The Kier molecular flexibility index (Phi) is 6.78. The number of aliphatic hydroxyl groups is 1. The number of carbonyl (C=O) groups is 1. The summed E-state index contributed by atoms with van der Waals surface area (Å²) in [5.74, 6) is 0.276. The van der Waals surface area contributed by atoms with Crippen molar-refractivity contribution in [3.05, 3.63) is 78.4 Å². The van der Waals surface area contributed by atoms with E-state index < -0.39 is 5.41 Å². The maximum Gasteiger partial charge on any atom is 0.316 e. The molecule has 0 aliphatic heterocycles. The van der Waals surface area contributed by atoms with E-state index in [0.717, 1.165) is 11.1 Å². The number of hydrogen-bond acceptors (Lipinski definition) is 4. The van der Waals surface area contributed by atoms with Gasteiger partial charge in [-0.3, -0.25) is 4.79 Å². The highest BCUT2D eigenvalue weighted by atomic mass is 16.5. The second-order valence-electron chi connectivity index (χ2n) is 5.84. The SMILES string of the molecule is C=CCC(CCO)(C(=O)OC)c1cccc(OCc2ccccc2)c1. The van der Waals surface area contributed by atoms with Crippen LogP contribution in [0.2, 0.25) is 0 Å². The average Bonchev–Trinajstić information content (AvgIpc) is 2.66. The van der Waals surface area contributed by atoms with Crippen molar-refractivity contribution in [3.8, 4) is 5.75 Å². The van der Waals surface area contributed by atoms with E-state index >= 15 is 0 Å². The van der Waals surface area contributed by atoms with E-state index in [1.165, 1.54) is 7.11 Å². The Bertz CT molecular complexity index is 696. The first-order valence-electron chi connectivity index (χ1n) is 8.23. The highest BCUT2D eigenvalue weighted by Gasteiger charge is 2.40. The highest BCUT2D eigenvalue weighted by Crippen LogP contribution is 2.35. The Labute approximate surface area is 148 Å². The normalized spacial score (nSPS) is 12.9. The predicted octanol–water partition coefficient (Wildman–Crippen LogP) is 3.63. The van der Waals surface area contributed by atoms with Crippen LogP contribution in [0.25, 0.3) is 0 Å². The lowest BCUT2D eigenvalue weighted by molar-refractivity contribution is -0.148. The van der Waals surface area contributed by atoms with Crippen molar-refractivity contribution in [2.75, 3.05) is 13.7 Å². The zero-order valence-electron chi connectivity index (χ0n) is 14.5. The first-order chi connectivity index (χ1) is 12.2. The molecule has 1 unspecified atom stereocenters. The van der Waals surface area contributed by atoms with Crippen molar-refractivity contribution < 1.29 is 19.4 Å². The molecule has 0 aromatic heterocycles. The summed E-state index contributed by atoms with van der Waals surface area (Å²) in [6.07, 6.45) is 2.31. The summed E-state index contributed by atoms with van der Waals surface area (Å²) >= 11 is 0. The fourth-order valence-corrected chi connectivity index (χ4v) is 2.92. The van der Waals surface area contributed by atoms with Crippen LogP contribution < -0.4 is 4.74 Å². The van der Waals surface area contributed by atoms with Gasteiger partial charge in [-0.25, -0.2) is 0 Å². The molecule has 2 rings (SSSR count). The van der Waals surface area contributed by atoms with Crippen molar-refractivity contribution >= 4 is 5.97 Å². The molecule has 0 amide bonds. The standard InChI is InChI=1S/C21H24O4/c1-3-12-21(13-14-22,20(23)24-2)18-10-7-11-19(15-18)25-16-17-8-5-4-6-9-17/h3-11,15,22H,1,12-14,16H2,2H3. The third kappa shape index (κ3) is 4.48. The van der Waals surface area contributed by atoms with E-state index in [4.69, 9.17) is 9.47 Å². The van der Waals surface area contributed by atoms with Gasteiger partial charge in [0, 0.05) is 6.61 Å². The van der Waals surface area contributed by atoms with Crippen LogP contribution >= 0.6 is 0 Å². The van der Waals surface area contributed by atoms with Crippen LogP contribution in [0.3, 0.4) is 0 Å². The molecule has 1 N–H and O–H groups in total. The fourth-order valence-electron chi connectivity index (χ4n) is 2.92. The number of aliphatic hydroxyl groups excluding tert-OH is 1. The van der Waals surface area contributed by atoms with Gasteiger partial charge in [0.05, 0.1) is 12.5 Å². The summed E-state index contributed by atoms with van der Waals surface area (Å²) in [6.45, 7) is 4.06. The van der Waals surface area contributed by atoms with E-state index in [1.807, 2.05) is 54.6 Å². The number of hydrogen-bond donors (Lipinski definition) is 1. The van der Waals surface area contributed by atoms with Gasteiger partial charge in [0.2, 0.25) is 0 Å². The maximum atomic E-state index is 12.5. The first-order valence-corrected chi connectivity index (χ1v) is 8.23. The third-order valence-electron chi connectivity index (χ3n) is 4.24. The van der Waals surface area contributed by atoms with Gasteiger partial charge in [-0.05, 0) is 36.1 Å². The van der Waals surface area contributed by atoms with Crippen LogP contribution in [0.1, 0.15) is 24.0 Å². The zero-order valence-corrected chi connectivity index (χ0v) is 14.5. The summed E-state index contributed by atoms with van der Waals surface area (Å²) in [7, 11) is 1.35. The molecule has 0 heterocycles. The van der Waals surface area contributed by atoms with Gasteiger partial charge >= 0.3 is 5.97 Å². The Morgan fingerprint density at radius 3 is 2.60 bits per heavy atom. The molecule has 4 nitrogen and oxygen atoms in total. The maximum absolute atomic E-state index is 12.5. The topological polar surface area (TPSA) is 55.8 Å². The molecule has 0 saturated heterocycles. The van der Waals surface area contributed by atoms with Crippen molar-refractivity contribution in [2.45, 2.75) is 24.9 Å². The van der Waals surface area contributed by atoms with Gasteiger partial charge in [-0.2, -0.15) is 0 Å². The van der Waals surface area contributed by atoms with Crippen molar-refractivity contribution in [3.63, 3.8) is 0 Å². The molecule has 4 heteroatoms. The smallest absolute Gasteiger partial charge is 0.316 e. The van der Waals surface area contributed by atoms with Gasteiger partial charge in [0.1, 0.15) is 12.4 Å². The molecule has 1 atom stereocenters. The molecule has 0 spiro atoms. The van der Waals surface area contributed by atoms with Crippen molar-refractivity contribution in [2.24, 2.45) is 0 Å². The van der Waals surface area contributed by atoms with E-state index in [2.05, 4.69) is 6.58 Å². The van der Waals surface area contributed by atoms with E-state index in [1.54, 1.807) is 6.08 Å². The van der Waals surface area contributed by atoms with Crippen LogP contribution in [0, 0.1) is 0 Å². The number of ether oxygens (including phenoxy) is 2. The quantitative estimate of drug-likeness (QED) is 0.559. The largest absolute Gasteiger partial charge is 0.489 e. The Morgan fingerprint density at radius 1 is 1.20 bits per heavy atom. The Balaban J connectivity index is 2.29. The van der Waals surface area contributed by atoms with Gasteiger partial charge in [-0.1, -0.05) is 48.5 Å². The minimum atomic E-state index is -0.961. The number of benzene rings is 2. The van der Waals surface area contributed by atoms with Crippen molar-refractivity contribution in [1.82, 2.24) is 0 Å². The molecule has 0 aliphatic carbocycles. The highest BCUT2D eigenvalue weighted by molar-refractivity contribution is 5.83. The van der Waals surface area contributed by atoms with E-state index in [9.17, 15) is 9.90 Å². The van der Waals surface area contributed by atoms with Crippen LogP contribution in [-0.4, -0.2) is 24.8 Å². The third-order valence-corrected chi connectivity index (χ3v) is 4.24. The molecule has 132 valence electrons. The van der Waals surface area contributed by atoms with Crippen LogP contribution in [0.15, 0.2) is 67.3 Å². The molecule has 0 saturated carbocycles. The summed E-state index contributed by atoms with van der Waals surface area (Å²) in [4.78, 5) is 12.5. The number of esters is 1. The lowest BCUT2D eigenvalue weighted by Gasteiger charge is -2.30. The predicted molar refractivity (Wildman–Crippen MR) is 97.4 cm³/mol. The molecule has 0 fully saturated rings. The van der Waals surface area contributed by atoms with Crippen LogP contribution in [0.4, 0.5) is 0 Å². The first kappa shape index (κ1) is 18.7. The van der Waals surface area contributed by atoms with Gasteiger partial charge in [0.25, 0.3) is 0 Å². The summed E-state index contributed by atoms with van der Waals surface area (Å²) in [5, 5.41) is 9.48. The minimum absolute atomic E-state index is 0.127. The van der Waals surface area contributed by atoms with E-state index in [-0.39, 0.29) is 19.0 Å². The Hall–Kier alpha value is -2.59. The van der Waals surface area contributed by atoms with Crippen molar-refractivity contribution in [1.29, 1.82) is 0 Å². The van der Waals surface area contributed by atoms with Gasteiger partial charge in [0.15, 0.2) is 0 Å². The van der Waals surface area contributed by atoms with Crippen LogP contribution in [-0.2, 0) is 21.6 Å². The number of rotatable bonds is 9. The zero-order chi connectivity index (χ0) is 18.1. The molecule has 25 heavy (non-hydrogen) atoms. The summed E-state index contributed by atoms with van der Waals surface area (Å²) < 4.78 is 10.9. The molecular weight excluding hydrogens is 316 g/mol. The number of methoxy groups -OCH3 is 1. The molecule has 2 aromatic rings. The van der Waals surface area contributed by atoms with Crippen LogP contribution in [0.5, 0.6) is 5.75 Å². The van der Waals surface area contributed by atoms with E-state index in [0.29, 0.717) is 18.8 Å². The molecule has 2 aromatic carbocycles. The molecule has 0 bridgehead atoms. The molecule has 0 radical (unpaired) electrons. The minimum Gasteiger partial charge on any atom is -0.489 e. The lowest BCUT2D eigenvalue weighted by atomic mass is 9.75. The fraction of sp³-hybridized carbons (Fsp3) is 0.286. The number of allylic oxidation sites excluding steroid dienone is 1. The van der Waals surface area contributed by atoms with Gasteiger partial charge < -0.3 is 14.6 Å². The Morgan fingerprint density at radius 2 is 1.96 bits per heavy atom. The van der Waals surface area contributed by atoms with Gasteiger partial charge in [-0.15, -0.1) is 6.58 Å². The monoisotopic (exact) mass is 340 g/mol. The second kappa shape index (κ2) is 9.04. The molecular formula is C21H24O4. The molecule has 0 aliphatic rings. The summed E-state index contributed by atoms with van der Waals surface area (Å²) in [6, 6.07) is 17.2. The second-order valence-corrected chi connectivity index (χ2v) is 5.84. The number of carbonyl (C=O) groups excluding carboxylic acids is 1. The average molecular weight is 340 g/mol. The summed E-state index contributed by atoms with van der Waals surface area (Å²) in [5.41, 5.74) is 0.852. The lowest BCUT2D eigenvalue weighted by Crippen LogP contribution is -2.37.